The van der Waals surface area contributed by atoms with E-state index in [2.05, 4.69) is 0 Å². The Kier molecular flexibility index (Phi) is 7.54. The van der Waals surface area contributed by atoms with Gasteiger partial charge in [-0.15, -0.1) is 0 Å². The van der Waals surface area contributed by atoms with Gasteiger partial charge in [-0.25, -0.2) is 4.39 Å². The molecule has 1 heterocycles. The summed E-state index contributed by atoms with van der Waals surface area (Å²) in [5.74, 6) is -0.141. The Morgan fingerprint density at radius 3 is 2.56 bits per heavy atom. The lowest BCUT2D eigenvalue weighted by molar-refractivity contribution is -0.384. The quantitative estimate of drug-likeness (QED) is 0.261. The van der Waals surface area contributed by atoms with E-state index in [0.717, 1.165) is 11.3 Å². The van der Waals surface area contributed by atoms with Crippen LogP contribution in [-0.2, 0) is 17.9 Å². The first-order chi connectivity index (χ1) is 15.3. The summed E-state index contributed by atoms with van der Waals surface area (Å²) in [6.07, 6.45) is 5.07. The zero-order chi connectivity index (χ0) is 23.1. The maximum atomic E-state index is 13.5. The molecule has 0 unspecified atom stereocenters. The fourth-order valence-electron chi connectivity index (χ4n) is 3.43. The molecule has 1 aromatic heterocycles. The Morgan fingerprint density at radius 2 is 1.91 bits per heavy atom. The number of carbonyl (C=O) groups excluding carboxylic acids is 1. The van der Waals surface area contributed by atoms with Gasteiger partial charge in [0.15, 0.2) is 0 Å². The van der Waals surface area contributed by atoms with E-state index in [9.17, 15) is 19.3 Å². The SMILES string of the molecule is CC(C)CN(Cc1cccn1Cc1cccc(F)c1)C(=O)/C=C/c1ccc([N+](=O)[O-])cc1. The van der Waals surface area contributed by atoms with Crippen molar-refractivity contribution in [1.29, 1.82) is 0 Å². The second-order valence-corrected chi connectivity index (χ2v) is 8.05. The minimum absolute atomic E-state index is 0.00831. The predicted molar refractivity (Wildman–Crippen MR) is 122 cm³/mol. The number of nitro groups is 1. The highest BCUT2D eigenvalue weighted by Crippen LogP contribution is 2.15. The molecule has 6 nitrogen and oxygen atoms in total. The fourth-order valence-corrected chi connectivity index (χ4v) is 3.43. The topological polar surface area (TPSA) is 68.4 Å². The number of benzene rings is 2. The lowest BCUT2D eigenvalue weighted by Gasteiger charge is -2.24. The number of carbonyl (C=O) groups is 1. The summed E-state index contributed by atoms with van der Waals surface area (Å²) < 4.78 is 15.5. The standard InChI is InChI=1S/C25H26FN3O3/c1-19(2)16-28(25(30)13-10-20-8-11-23(12-9-20)29(31)32)18-24-7-4-14-27(24)17-21-5-3-6-22(26)15-21/h3-15,19H,16-18H2,1-2H3/b13-10+. The summed E-state index contributed by atoms with van der Waals surface area (Å²) in [5.41, 5.74) is 2.52. The first kappa shape index (κ1) is 22.9. The van der Waals surface area contributed by atoms with E-state index >= 15 is 0 Å². The van der Waals surface area contributed by atoms with Crippen molar-refractivity contribution < 1.29 is 14.1 Å². The Bertz CT molecular complexity index is 1100. The van der Waals surface area contributed by atoms with Crippen LogP contribution in [0.15, 0.2) is 72.9 Å². The second kappa shape index (κ2) is 10.5. The third-order valence-electron chi connectivity index (χ3n) is 4.94. The summed E-state index contributed by atoms with van der Waals surface area (Å²) in [6, 6.07) is 16.4. The fraction of sp³-hybridized carbons (Fsp3) is 0.240. The number of nitrogens with zero attached hydrogens (tertiary/aromatic N) is 3. The molecule has 2 aromatic carbocycles. The molecule has 3 aromatic rings. The molecule has 0 bridgehead atoms. The maximum absolute atomic E-state index is 13.5. The van der Waals surface area contributed by atoms with Crippen LogP contribution in [0.25, 0.3) is 6.08 Å². The molecule has 0 aliphatic carbocycles. The third kappa shape index (κ3) is 6.38. The molecule has 0 spiro atoms. The van der Waals surface area contributed by atoms with Crippen LogP contribution < -0.4 is 0 Å². The van der Waals surface area contributed by atoms with Gasteiger partial charge in [-0.2, -0.15) is 0 Å². The first-order valence-corrected chi connectivity index (χ1v) is 10.4. The maximum Gasteiger partial charge on any atom is 0.269 e. The van der Waals surface area contributed by atoms with Crippen molar-refractivity contribution in [2.45, 2.75) is 26.9 Å². The summed E-state index contributed by atoms with van der Waals surface area (Å²) in [4.78, 5) is 25.0. The average molecular weight is 435 g/mol. The Hall–Kier alpha value is -3.74. The third-order valence-corrected chi connectivity index (χ3v) is 4.94. The molecule has 0 atom stereocenters. The van der Waals surface area contributed by atoms with Gasteiger partial charge in [-0.05, 0) is 59.5 Å². The van der Waals surface area contributed by atoms with Crippen LogP contribution in [0.4, 0.5) is 10.1 Å². The van der Waals surface area contributed by atoms with Crippen molar-refractivity contribution in [3.05, 3.63) is 106 Å². The minimum atomic E-state index is -0.456. The zero-order valence-corrected chi connectivity index (χ0v) is 18.1. The first-order valence-electron chi connectivity index (χ1n) is 10.4. The van der Waals surface area contributed by atoms with Gasteiger partial charge in [-0.1, -0.05) is 26.0 Å². The number of hydrogen-bond acceptors (Lipinski definition) is 3. The predicted octanol–water partition coefficient (Wildman–Crippen LogP) is 5.28. The Labute approximate surface area is 186 Å². The van der Waals surface area contributed by atoms with Gasteiger partial charge in [0.2, 0.25) is 5.91 Å². The van der Waals surface area contributed by atoms with Crippen molar-refractivity contribution in [1.82, 2.24) is 9.47 Å². The summed E-state index contributed by atoms with van der Waals surface area (Å²) in [6.45, 7) is 5.61. The monoisotopic (exact) mass is 435 g/mol. The normalized spacial score (nSPS) is 11.2. The van der Waals surface area contributed by atoms with Gasteiger partial charge >= 0.3 is 0 Å². The lowest BCUT2D eigenvalue weighted by atomic mass is 10.1. The van der Waals surface area contributed by atoms with E-state index in [0.29, 0.717) is 25.2 Å². The highest BCUT2D eigenvalue weighted by atomic mass is 19.1. The molecule has 7 heteroatoms. The van der Waals surface area contributed by atoms with Gasteiger partial charge in [-0.3, -0.25) is 14.9 Å². The molecule has 0 N–H and O–H groups in total. The molecule has 32 heavy (non-hydrogen) atoms. The van der Waals surface area contributed by atoms with Gasteiger partial charge in [0.1, 0.15) is 5.82 Å². The number of aromatic nitrogens is 1. The average Bonchev–Trinajstić information content (AvgIpc) is 3.18. The zero-order valence-electron chi connectivity index (χ0n) is 18.1. The van der Waals surface area contributed by atoms with Crippen molar-refractivity contribution in [3.8, 4) is 0 Å². The smallest absolute Gasteiger partial charge is 0.269 e. The van der Waals surface area contributed by atoms with Gasteiger partial charge in [0, 0.05) is 43.2 Å². The Balaban J connectivity index is 1.73. The molecule has 1 amide bonds. The van der Waals surface area contributed by atoms with E-state index in [-0.39, 0.29) is 23.3 Å². The van der Waals surface area contributed by atoms with Crippen LogP contribution in [0.2, 0.25) is 0 Å². The molecule has 0 aliphatic rings. The largest absolute Gasteiger partial charge is 0.345 e. The van der Waals surface area contributed by atoms with Gasteiger partial charge in [0.25, 0.3) is 5.69 Å². The van der Waals surface area contributed by atoms with E-state index in [1.165, 1.54) is 30.3 Å². The lowest BCUT2D eigenvalue weighted by Crippen LogP contribution is -2.33. The number of rotatable bonds is 9. The van der Waals surface area contributed by atoms with Crippen LogP contribution in [0, 0.1) is 21.8 Å². The van der Waals surface area contributed by atoms with E-state index in [1.54, 1.807) is 29.2 Å². The molecule has 0 radical (unpaired) electrons. The van der Waals surface area contributed by atoms with Crippen LogP contribution in [0.1, 0.15) is 30.7 Å². The second-order valence-electron chi connectivity index (χ2n) is 8.05. The van der Waals surface area contributed by atoms with Crippen LogP contribution >= 0.6 is 0 Å². The van der Waals surface area contributed by atoms with Crippen molar-refractivity contribution in [2.75, 3.05) is 6.54 Å². The number of halogens is 1. The van der Waals surface area contributed by atoms with Crippen LogP contribution in [0.5, 0.6) is 0 Å². The number of non-ortho nitro benzene ring substituents is 1. The molecule has 3 rings (SSSR count). The number of hydrogen-bond donors (Lipinski definition) is 0. The van der Waals surface area contributed by atoms with E-state index in [1.807, 2.05) is 42.8 Å². The molecule has 0 aliphatic heterocycles. The highest BCUT2D eigenvalue weighted by Gasteiger charge is 2.15. The molecule has 0 saturated heterocycles. The molecule has 0 fully saturated rings. The molecular formula is C25H26FN3O3. The highest BCUT2D eigenvalue weighted by molar-refractivity contribution is 5.91. The van der Waals surface area contributed by atoms with Crippen molar-refractivity contribution >= 4 is 17.7 Å². The summed E-state index contributed by atoms with van der Waals surface area (Å²) in [5, 5.41) is 10.8. The van der Waals surface area contributed by atoms with Crippen LogP contribution in [-0.4, -0.2) is 26.8 Å². The summed E-state index contributed by atoms with van der Waals surface area (Å²) in [7, 11) is 0. The van der Waals surface area contributed by atoms with E-state index < -0.39 is 4.92 Å². The van der Waals surface area contributed by atoms with Crippen molar-refractivity contribution in [3.63, 3.8) is 0 Å². The molecule has 0 saturated carbocycles. The van der Waals surface area contributed by atoms with Crippen LogP contribution in [0.3, 0.4) is 0 Å². The van der Waals surface area contributed by atoms with E-state index in [4.69, 9.17) is 0 Å². The summed E-state index contributed by atoms with van der Waals surface area (Å²) >= 11 is 0. The number of nitro benzene ring substituents is 1. The molecular weight excluding hydrogens is 409 g/mol. The molecule has 166 valence electrons. The van der Waals surface area contributed by atoms with Gasteiger partial charge < -0.3 is 9.47 Å². The Morgan fingerprint density at radius 1 is 1.16 bits per heavy atom. The van der Waals surface area contributed by atoms with Crippen molar-refractivity contribution in [2.24, 2.45) is 5.92 Å². The minimum Gasteiger partial charge on any atom is -0.345 e. The number of amides is 1. The van der Waals surface area contributed by atoms with Gasteiger partial charge in [0.05, 0.1) is 11.5 Å².